The molecule has 1 heterocycles. The molecule has 1 aromatic heterocycles. The summed E-state index contributed by atoms with van der Waals surface area (Å²) in [5.41, 5.74) is 10.1. The zero-order valence-electron chi connectivity index (χ0n) is 23.0. The Balaban J connectivity index is 1.37. The van der Waals surface area contributed by atoms with Gasteiger partial charge in [0.25, 0.3) is 0 Å². The van der Waals surface area contributed by atoms with Crippen LogP contribution in [0.2, 0.25) is 0 Å². The lowest BCUT2D eigenvalue weighted by atomic mass is 9.85. The topological polar surface area (TPSA) is 4.93 Å². The number of aromatic nitrogens is 1. The highest BCUT2D eigenvalue weighted by Gasteiger charge is 2.17. The summed E-state index contributed by atoms with van der Waals surface area (Å²) in [6.45, 7) is 2.22. The van der Waals surface area contributed by atoms with E-state index in [2.05, 4.69) is 157 Å². The molecule has 0 fully saturated rings. The van der Waals surface area contributed by atoms with Gasteiger partial charge < -0.3 is 4.57 Å². The van der Waals surface area contributed by atoms with Crippen molar-refractivity contribution in [2.45, 2.75) is 13.3 Å². The lowest BCUT2D eigenvalue weighted by Gasteiger charge is -2.18. The lowest BCUT2D eigenvalue weighted by Crippen LogP contribution is -1.94. The number of hydrogen-bond acceptors (Lipinski definition) is 0. The van der Waals surface area contributed by atoms with Crippen molar-refractivity contribution < 1.29 is 0 Å². The summed E-state index contributed by atoms with van der Waals surface area (Å²) in [6, 6.07) is 53.4. The Morgan fingerprint density at radius 1 is 0.415 bits per heavy atom. The highest BCUT2D eigenvalue weighted by molar-refractivity contribution is 6.21. The lowest BCUT2D eigenvalue weighted by molar-refractivity contribution is 1.14. The fourth-order valence-electron chi connectivity index (χ4n) is 6.68. The molecule has 0 radical (unpaired) electrons. The molecule has 0 aliphatic rings. The van der Waals surface area contributed by atoms with Gasteiger partial charge in [-0.1, -0.05) is 128 Å². The summed E-state index contributed by atoms with van der Waals surface area (Å²) < 4.78 is 2.38. The molecule has 7 aromatic carbocycles. The minimum absolute atomic E-state index is 1.03. The quantitative estimate of drug-likeness (QED) is 0.202. The Hall–Kier alpha value is -5.14. The van der Waals surface area contributed by atoms with E-state index in [1.165, 1.54) is 76.9 Å². The molecule has 1 nitrogen and oxygen atoms in total. The van der Waals surface area contributed by atoms with Crippen molar-refractivity contribution in [3.8, 4) is 27.9 Å². The highest BCUT2D eigenvalue weighted by Crippen LogP contribution is 2.44. The zero-order chi connectivity index (χ0) is 27.3. The summed E-state index contributed by atoms with van der Waals surface area (Å²) in [7, 11) is 0. The summed E-state index contributed by atoms with van der Waals surface area (Å²) in [5, 5.41) is 7.72. The molecule has 8 rings (SSSR count). The van der Waals surface area contributed by atoms with Crippen LogP contribution in [0, 0.1) is 0 Å². The molecular weight excluding hydrogens is 494 g/mol. The third-order valence-electron chi connectivity index (χ3n) is 8.55. The smallest absolute Gasteiger partial charge is 0.0541 e. The molecule has 0 spiro atoms. The van der Waals surface area contributed by atoms with Crippen LogP contribution in [0.15, 0.2) is 146 Å². The SMILES string of the molecule is CCc1cccc(-c2c3ccccc3c(-c3ccc(-n4c5ccccc5c5ccccc54)cc3)c3ccccc23)c1. The van der Waals surface area contributed by atoms with Crippen molar-refractivity contribution in [1.29, 1.82) is 0 Å². The molecule has 0 aliphatic carbocycles. The van der Waals surface area contributed by atoms with Crippen LogP contribution in [0.4, 0.5) is 0 Å². The van der Waals surface area contributed by atoms with Gasteiger partial charge in [0.1, 0.15) is 0 Å². The molecule has 8 aromatic rings. The Morgan fingerprint density at radius 3 is 1.39 bits per heavy atom. The molecule has 194 valence electrons. The van der Waals surface area contributed by atoms with Gasteiger partial charge in [0.15, 0.2) is 0 Å². The van der Waals surface area contributed by atoms with Crippen LogP contribution in [-0.4, -0.2) is 4.57 Å². The predicted molar refractivity (Wildman–Crippen MR) is 176 cm³/mol. The standard InChI is InChI=1S/C40H29N/c1-2-27-12-11-13-29(26-27)40-35-18-5-3-16-33(35)39(34-17-4-6-19-36(34)40)28-22-24-30(25-23-28)41-37-20-9-7-14-31(37)32-15-8-10-21-38(32)41/h3-26H,2H2,1H3. The summed E-state index contributed by atoms with van der Waals surface area (Å²) in [5.74, 6) is 0. The number of rotatable bonds is 4. The first kappa shape index (κ1) is 23.7. The van der Waals surface area contributed by atoms with E-state index >= 15 is 0 Å². The van der Waals surface area contributed by atoms with E-state index in [1.807, 2.05) is 0 Å². The van der Waals surface area contributed by atoms with Gasteiger partial charge in [0.2, 0.25) is 0 Å². The van der Waals surface area contributed by atoms with Crippen LogP contribution in [0.3, 0.4) is 0 Å². The van der Waals surface area contributed by atoms with Crippen LogP contribution in [0.1, 0.15) is 12.5 Å². The highest BCUT2D eigenvalue weighted by atomic mass is 15.0. The van der Waals surface area contributed by atoms with Gasteiger partial charge in [-0.25, -0.2) is 0 Å². The van der Waals surface area contributed by atoms with E-state index in [1.54, 1.807) is 0 Å². The molecule has 0 aliphatic heterocycles. The molecule has 0 saturated carbocycles. The van der Waals surface area contributed by atoms with E-state index in [-0.39, 0.29) is 0 Å². The fraction of sp³-hybridized carbons (Fsp3) is 0.0500. The summed E-state index contributed by atoms with van der Waals surface area (Å²) in [4.78, 5) is 0. The predicted octanol–water partition coefficient (Wildman–Crippen LogP) is 11.0. The van der Waals surface area contributed by atoms with Crippen LogP contribution in [0.25, 0.3) is 71.3 Å². The number of hydrogen-bond donors (Lipinski definition) is 0. The van der Waals surface area contributed by atoms with Gasteiger partial charge in [0.05, 0.1) is 11.0 Å². The third kappa shape index (κ3) is 3.70. The minimum Gasteiger partial charge on any atom is -0.309 e. The van der Waals surface area contributed by atoms with Crippen molar-refractivity contribution in [3.63, 3.8) is 0 Å². The Bertz CT molecular complexity index is 2120. The van der Waals surface area contributed by atoms with E-state index in [9.17, 15) is 0 Å². The molecule has 0 unspecified atom stereocenters. The average Bonchev–Trinajstić information content (AvgIpc) is 3.38. The van der Waals surface area contributed by atoms with Crippen LogP contribution in [0.5, 0.6) is 0 Å². The maximum atomic E-state index is 2.38. The van der Waals surface area contributed by atoms with E-state index < -0.39 is 0 Å². The molecular formula is C40H29N. The molecule has 41 heavy (non-hydrogen) atoms. The molecule has 0 N–H and O–H groups in total. The largest absolute Gasteiger partial charge is 0.309 e. The number of benzene rings is 7. The van der Waals surface area contributed by atoms with Crippen molar-refractivity contribution in [2.24, 2.45) is 0 Å². The summed E-state index contributed by atoms with van der Waals surface area (Å²) >= 11 is 0. The van der Waals surface area contributed by atoms with Crippen LogP contribution < -0.4 is 0 Å². The van der Waals surface area contributed by atoms with Crippen molar-refractivity contribution in [2.75, 3.05) is 0 Å². The summed E-state index contributed by atoms with van der Waals surface area (Å²) in [6.07, 6.45) is 1.03. The number of fused-ring (bicyclic) bond motifs is 5. The zero-order valence-corrected chi connectivity index (χ0v) is 23.0. The van der Waals surface area contributed by atoms with Gasteiger partial charge in [-0.15, -0.1) is 0 Å². The van der Waals surface area contributed by atoms with Gasteiger partial charge in [-0.3, -0.25) is 0 Å². The van der Waals surface area contributed by atoms with Gasteiger partial charge in [-0.05, 0) is 80.0 Å². The Kier molecular flexibility index (Phi) is 5.50. The third-order valence-corrected chi connectivity index (χ3v) is 8.55. The van der Waals surface area contributed by atoms with Crippen molar-refractivity contribution in [1.82, 2.24) is 4.57 Å². The van der Waals surface area contributed by atoms with Crippen LogP contribution in [-0.2, 0) is 6.42 Å². The van der Waals surface area contributed by atoms with Crippen LogP contribution >= 0.6 is 0 Å². The van der Waals surface area contributed by atoms with E-state index in [0.29, 0.717) is 0 Å². The van der Waals surface area contributed by atoms with E-state index in [0.717, 1.165) is 6.42 Å². The van der Waals surface area contributed by atoms with Gasteiger partial charge >= 0.3 is 0 Å². The Morgan fingerprint density at radius 2 is 0.878 bits per heavy atom. The van der Waals surface area contributed by atoms with Crippen molar-refractivity contribution in [3.05, 3.63) is 151 Å². The second-order valence-corrected chi connectivity index (χ2v) is 10.8. The first-order valence-electron chi connectivity index (χ1n) is 14.4. The first-order chi connectivity index (χ1) is 20.3. The normalized spacial score (nSPS) is 11.6. The molecule has 1 heteroatoms. The number of aryl methyl sites for hydroxylation is 1. The molecule has 0 saturated heterocycles. The number of nitrogens with zero attached hydrogens (tertiary/aromatic N) is 1. The first-order valence-corrected chi connectivity index (χ1v) is 14.4. The average molecular weight is 524 g/mol. The maximum absolute atomic E-state index is 2.38. The second kappa shape index (κ2) is 9.50. The molecule has 0 atom stereocenters. The van der Waals surface area contributed by atoms with E-state index in [4.69, 9.17) is 0 Å². The van der Waals surface area contributed by atoms with Crippen molar-refractivity contribution >= 4 is 43.4 Å². The number of para-hydroxylation sites is 2. The maximum Gasteiger partial charge on any atom is 0.0541 e. The monoisotopic (exact) mass is 523 g/mol. The minimum atomic E-state index is 1.03. The second-order valence-electron chi connectivity index (χ2n) is 10.8. The molecule has 0 bridgehead atoms. The van der Waals surface area contributed by atoms with Gasteiger partial charge in [0, 0.05) is 16.5 Å². The Labute approximate surface area is 239 Å². The molecule has 0 amide bonds. The van der Waals surface area contributed by atoms with Gasteiger partial charge in [-0.2, -0.15) is 0 Å². The fourth-order valence-corrected chi connectivity index (χ4v) is 6.68.